The minimum atomic E-state index is -1.92. The Hall–Kier alpha value is -6.20. The first-order chi connectivity index (χ1) is 19.3. The molecule has 0 atom stereocenters. The van der Waals surface area contributed by atoms with Crippen molar-refractivity contribution in [2.24, 2.45) is 0 Å². The summed E-state index contributed by atoms with van der Waals surface area (Å²) in [4.78, 5) is 67.4. The van der Waals surface area contributed by atoms with Crippen LogP contribution in [0.5, 0.6) is 0 Å². The van der Waals surface area contributed by atoms with Crippen LogP contribution in [0, 0.1) is 40.5 Å². The van der Waals surface area contributed by atoms with Gasteiger partial charge in [-0.25, -0.2) is 0 Å². The van der Waals surface area contributed by atoms with Crippen molar-refractivity contribution in [1.29, 1.82) is 0 Å². The molecule has 0 heterocycles. The van der Waals surface area contributed by atoms with Gasteiger partial charge in [0.05, 0.1) is 54.3 Å². The van der Waals surface area contributed by atoms with Crippen LogP contribution in [0.25, 0.3) is 0 Å². The highest BCUT2D eigenvalue weighted by Gasteiger charge is 2.35. The molecule has 0 aliphatic heterocycles. The van der Waals surface area contributed by atoms with Crippen LogP contribution in [0.3, 0.4) is 0 Å². The molecule has 3 rings (SSSR count). The molecule has 0 unspecified atom stereocenters. The summed E-state index contributed by atoms with van der Waals surface area (Å²) in [5.74, 6) is -4.54. The van der Waals surface area contributed by atoms with Gasteiger partial charge in [-0.3, -0.25) is 50.0 Å². The van der Waals surface area contributed by atoms with E-state index < -0.39 is 73.5 Å². The third kappa shape index (κ3) is 6.63. The molecular weight excluding hydrogens is 552 g/mol. The highest BCUT2D eigenvalue weighted by molar-refractivity contribution is 6.02. The summed E-state index contributed by atoms with van der Waals surface area (Å²) in [7, 11) is 0. The summed E-state index contributed by atoms with van der Waals surface area (Å²) in [6, 6.07) is 9.22. The number of para-hydroxylation sites is 1. The number of hydrogen-bond acceptors (Lipinski definition) is 14. The summed E-state index contributed by atoms with van der Waals surface area (Å²) < 4.78 is 10.2. The number of nitro benzene ring substituents is 4. The van der Waals surface area contributed by atoms with Gasteiger partial charge in [0.15, 0.2) is 5.92 Å². The fourth-order valence-corrected chi connectivity index (χ4v) is 3.58. The van der Waals surface area contributed by atoms with E-state index in [2.05, 4.69) is 0 Å². The molecule has 0 spiro atoms. The fraction of sp³-hybridized carbons (Fsp3) is 0.130. The zero-order valence-corrected chi connectivity index (χ0v) is 20.5. The lowest BCUT2D eigenvalue weighted by Gasteiger charge is -2.18. The molecule has 18 nitrogen and oxygen atoms in total. The number of benzene rings is 3. The molecule has 212 valence electrons. The Bertz CT molecular complexity index is 1500. The van der Waals surface area contributed by atoms with Crippen molar-refractivity contribution in [3.05, 3.63) is 112 Å². The predicted octanol–water partition coefficient (Wildman–Crippen LogP) is 3.05. The van der Waals surface area contributed by atoms with Crippen LogP contribution < -0.4 is 11.5 Å². The fourth-order valence-electron chi connectivity index (χ4n) is 3.58. The van der Waals surface area contributed by atoms with Crippen molar-refractivity contribution < 1.29 is 38.8 Å². The molecule has 0 aliphatic carbocycles. The number of carbonyl (C=O) groups is 2. The number of anilines is 2. The molecule has 0 saturated heterocycles. The van der Waals surface area contributed by atoms with Crippen LogP contribution >= 0.6 is 0 Å². The standard InChI is InChI=1S/C23H18N6O12/c24-17-3-1-2-16(21(17)25)20(22(30)40-10-12-4-6-14(26(32)33)8-18(12)28(36)37)23(31)41-11-13-5-7-15(27(34)35)9-19(13)29(38)39/h1-9,20H,10-11,24-25H2. The van der Waals surface area contributed by atoms with Crippen LogP contribution in [0.15, 0.2) is 54.6 Å². The molecule has 18 heteroatoms. The maximum atomic E-state index is 13.1. The Morgan fingerprint density at radius 3 is 1.51 bits per heavy atom. The molecule has 0 fully saturated rings. The lowest BCUT2D eigenvalue weighted by Crippen LogP contribution is -2.27. The Balaban J connectivity index is 1.90. The quantitative estimate of drug-likeness (QED) is 0.110. The van der Waals surface area contributed by atoms with Crippen molar-refractivity contribution in [2.45, 2.75) is 19.1 Å². The van der Waals surface area contributed by atoms with E-state index in [0.29, 0.717) is 12.1 Å². The van der Waals surface area contributed by atoms with Crippen molar-refractivity contribution >= 4 is 46.1 Å². The zero-order chi connectivity index (χ0) is 30.4. The normalized spacial score (nSPS) is 10.6. The molecule has 0 saturated carbocycles. The van der Waals surface area contributed by atoms with Crippen LogP contribution in [0.2, 0.25) is 0 Å². The van der Waals surface area contributed by atoms with Crippen molar-refractivity contribution in [3.63, 3.8) is 0 Å². The first-order valence-corrected chi connectivity index (χ1v) is 11.1. The van der Waals surface area contributed by atoms with E-state index in [1.165, 1.54) is 18.2 Å². The lowest BCUT2D eigenvalue weighted by molar-refractivity contribution is -0.395. The van der Waals surface area contributed by atoms with Gasteiger partial charge in [0, 0.05) is 17.7 Å². The number of nitrogen functional groups attached to an aromatic ring is 2. The molecular formula is C23H18N6O12. The Morgan fingerprint density at radius 2 is 1.12 bits per heavy atom. The van der Waals surface area contributed by atoms with Crippen molar-refractivity contribution in [1.82, 2.24) is 0 Å². The molecule has 0 aromatic heterocycles. The minimum Gasteiger partial charge on any atom is -0.460 e. The van der Waals surface area contributed by atoms with Crippen LogP contribution in [-0.2, 0) is 32.3 Å². The average molecular weight is 570 g/mol. The minimum absolute atomic E-state index is 0.0230. The van der Waals surface area contributed by atoms with Gasteiger partial charge in [0.25, 0.3) is 22.7 Å². The number of hydrogen-bond donors (Lipinski definition) is 2. The number of ether oxygens (including phenoxy) is 2. The topological polar surface area (TPSA) is 277 Å². The molecule has 0 radical (unpaired) electrons. The third-order valence-corrected chi connectivity index (χ3v) is 5.65. The van der Waals surface area contributed by atoms with Gasteiger partial charge in [-0.2, -0.15) is 0 Å². The summed E-state index contributed by atoms with van der Waals surface area (Å²) >= 11 is 0. The monoisotopic (exact) mass is 570 g/mol. The van der Waals surface area contributed by atoms with E-state index in [9.17, 15) is 50.0 Å². The summed E-state index contributed by atoms with van der Waals surface area (Å²) in [6.45, 7) is -1.57. The Kier molecular flexibility index (Phi) is 8.67. The van der Waals surface area contributed by atoms with Crippen molar-refractivity contribution in [2.75, 3.05) is 11.5 Å². The summed E-state index contributed by atoms with van der Waals surface area (Å²) in [5, 5.41) is 44.7. The Morgan fingerprint density at radius 1 is 0.683 bits per heavy atom. The second kappa shape index (κ2) is 12.1. The maximum absolute atomic E-state index is 13.1. The predicted molar refractivity (Wildman–Crippen MR) is 137 cm³/mol. The molecule has 4 N–H and O–H groups in total. The smallest absolute Gasteiger partial charge is 0.325 e. The largest absolute Gasteiger partial charge is 0.460 e. The van der Waals surface area contributed by atoms with E-state index in [4.69, 9.17) is 20.9 Å². The second-order valence-electron chi connectivity index (χ2n) is 8.15. The van der Waals surface area contributed by atoms with Gasteiger partial charge in [-0.1, -0.05) is 12.1 Å². The SMILES string of the molecule is Nc1cccc(C(C(=O)OCc2ccc([N+](=O)[O-])cc2[N+](=O)[O-])C(=O)OCc2ccc([N+](=O)[O-])cc2[N+](=O)[O-])c1N. The van der Waals surface area contributed by atoms with Gasteiger partial charge >= 0.3 is 11.9 Å². The van der Waals surface area contributed by atoms with E-state index in [1.54, 1.807) is 0 Å². The van der Waals surface area contributed by atoms with Crippen LogP contribution in [-0.4, -0.2) is 31.6 Å². The second-order valence-corrected chi connectivity index (χ2v) is 8.15. The number of nitro groups is 4. The number of nitrogens with zero attached hydrogens (tertiary/aromatic N) is 4. The van der Waals surface area contributed by atoms with E-state index in [1.807, 2.05) is 0 Å². The number of rotatable bonds is 11. The Labute approximate surface area is 227 Å². The summed E-state index contributed by atoms with van der Waals surface area (Å²) in [5.41, 5.74) is 8.26. The number of nitrogens with two attached hydrogens (primary N) is 2. The number of non-ortho nitro benzene ring substituents is 2. The first kappa shape index (κ1) is 29.4. The number of esters is 2. The molecule has 3 aromatic rings. The average Bonchev–Trinajstić information content (AvgIpc) is 2.92. The molecule has 41 heavy (non-hydrogen) atoms. The summed E-state index contributed by atoms with van der Waals surface area (Å²) in [6.07, 6.45) is 0. The highest BCUT2D eigenvalue weighted by Crippen LogP contribution is 2.32. The number of carbonyl (C=O) groups excluding carboxylic acids is 2. The van der Waals surface area contributed by atoms with Gasteiger partial charge in [0.2, 0.25) is 0 Å². The van der Waals surface area contributed by atoms with Crippen LogP contribution in [0.4, 0.5) is 34.1 Å². The van der Waals surface area contributed by atoms with Gasteiger partial charge in [0.1, 0.15) is 13.2 Å². The van der Waals surface area contributed by atoms with Crippen LogP contribution in [0.1, 0.15) is 22.6 Å². The van der Waals surface area contributed by atoms with Gasteiger partial charge < -0.3 is 20.9 Å². The molecule has 3 aromatic carbocycles. The highest BCUT2D eigenvalue weighted by atomic mass is 16.6. The van der Waals surface area contributed by atoms with E-state index >= 15 is 0 Å². The lowest BCUT2D eigenvalue weighted by atomic mass is 9.96. The third-order valence-electron chi connectivity index (χ3n) is 5.65. The first-order valence-electron chi connectivity index (χ1n) is 11.1. The molecule has 0 amide bonds. The molecule has 0 bridgehead atoms. The maximum Gasteiger partial charge on any atom is 0.325 e. The molecule has 0 aliphatic rings. The van der Waals surface area contributed by atoms with Crippen molar-refractivity contribution in [3.8, 4) is 0 Å². The van der Waals surface area contributed by atoms with Gasteiger partial charge in [-0.15, -0.1) is 0 Å². The van der Waals surface area contributed by atoms with E-state index in [0.717, 1.165) is 24.3 Å². The zero-order valence-electron chi connectivity index (χ0n) is 20.5. The van der Waals surface area contributed by atoms with Gasteiger partial charge in [-0.05, 0) is 18.2 Å². The van der Waals surface area contributed by atoms with E-state index in [-0.39, 0.29) is 28.1 Å².